The molecule has 0 aliphatic rings. The van der Waals surface area contributed by atoms with Crippen LogP contribution in [0.15, 0.2) is 159 Å². The van der Waals surface area contributed by atoms with Crippen LogP contribution in [-0.4, -0.2) is 65.4 Å². The molecule has 15 nitrogen and oxygen atoms in total. The van der Waals surface area contributed by atoms with Crippen LogP contribution < -0.4 is 11.1 Å². The number of hydrogen-bond donors (Lipinski definition) is 4. The number of nitrogen functional groups attached to an aromatic ring is 1. The summed E-state index contributed by atoms with van der Waals surface area (Å²) in [5.74, 6) is 1.09. The van der Waals surface area contributed by atoms with Gasteiger partial charge in [-0.1, -0.05) is 104 Å². The van der Waals surface area contributed by atoms with Crippen LogP contribution in [0, 0.1) is 0 Å². The summed E-state index contributed by atoms with van der Waals surface area (Å²) in [5.41, 5.74) is 15.2. The molecule has 73 heavy (non-hydrogen) atoms. The molecule has 0 saturated heterocycles. The van der Waals surface area contributed by atoms with Gasteiger partial charge in [-0.2, -0.15) is 10.2 Å². The van der Waals surface area contributed by atoms with Crippen molar-refractivity contribution in [1.82, 2.24) is 59.1 Å². The summed E-state index contributed by atoms with van der Waals surface area (Å²) < 4.78 is 3.40. The fourth-order valence-corrected chi connectivity index (χ4v) is 5.87. The number of aromatic amines is 2. The van der Waals surface area contributed by atoms with Gasteiger partial charge in [0.05, 0.1) is 35.0 Å². The van der Waals surface area contributed by atoms with Crippen LogP contribution in [0.1, 0.15) is 71.8 Å². The number of nitrogens with one attached hydrogen (secondary N) is 3. The molecule has 0 unspecified atom stereocenters. The standard InChI is InChI=1S/C21H17N7.C15H10N6O.C6H7N.4C2H6.6HI.2V/c1-2-6-16(7-3-1)23-12-18-26-20(21(27-18)17-8-4-5-11-22-17)15-9-10-19-24-14-25-28(19)13-15;22-8-12-19-14(15(20-12)11-3-1-2-6-16-11)10-4-5-13-17-9-18-21(13)7-10;7-6-4-2-1-3-5-6;4*1-2;;;;;;;;/h1-11,13-14,23H,12H2,(H,26,27);1-9H,(H,19,20);1-5H,7H2;4*1-2H3;6*1H;;/q;;;;;;;;;;;;;+2;+3/p-5. The van der Waals surface area contributed by atoms with E-state index in [9.17, 15) is 4.79 Å². The molecule has 0 aliphatic carbocycles. The maximum absolute atomic E-state index is 11.1. The van der Waals surface area contributed by atoms with Gasteiger partial charge in [0.2, 0.25) is 0 Å². The average Bonchev–Trinajstić information content (AvgIpc) is 4.29. The fraction of sp³-hybridized carbons (Fsp3) is 0.180. The van der Waals surface area contributed by atoms with Crippen LogP contribution >= 0.6 is 124 Å². The van der Waals surface area contributed by atoms with Gasteiger partial charge in [0.25, 0.3) is 0 Å². The molecule has 0 aliphatic heterocycles. The molecule has 8 heterocycles. The smallest absolute Gasteiger partial charge is 0.155 e. The Labute approximate surface area is 512 Å². The third-order valence-corrected chi connectivity index (χ3v) is 8.56. The molecule has 0 atom stereocenters. The van der Waals surface area contributed by atoms with Gasteiger partial charge in [0.15, 0.2) is 23.4 Å². The van der Waals surface area contributed by atoms with Gasteiger partial charge in [-0.25, -0.2) is 29.0 Å². The number of nitrogens with zero attached hydrogens (tertiary/aromatic N) is 10. The van der Waals surface area contributed by atoms with Crippen molar-refractivity contribution < 1.29 is 19.2 Å². The summed E-state index contributed by atoms with van der Waals surface area (Å²) in [6.45, 7) is 16.6. The van der Waals surface area contributed by atoms with E-state index in [-0.39, 0.29) is 34.7 Å². The summed E-state index contributed by atoms with van der Waals surface area (Å²) in [4.78, 5) is 43.5. The first-order chi connectivity index (χ1) is 35.3. The maximum atomic E-state index is 11.1. The number of aromatic nitrogens is 12. The van der Waals surface area contributed by atoms with Gasteiger partial charge >= 0.3 is 114 Å². The minimum atomic E-state index is -0.278. The third-order valence-electron chi connectivity index (χ3n) is 8.56. The number of para-hydroxylation sites is 2. The molecule has 387 valence electrons. The zero-order valence-electron chi connectivity index (χ0n) is 41.4. The summed E-state index contributed by atoms with van der Waals surface area (Å²) in [6.07, 6.45) is 10.9. The Hall–Kier alpha value is -2.78. The molecule has 0 radical (unpaired) electrons. The van der Waals surface area contributed by atoms with Crippen LogP contribution in [0.25, 0.3) is 56.6 Å². The van der Waals surface area contributed by atoms with Crippen molar-refractivity contribution in [2.24, 2.45) is 0 Å². The number of H-pyrrole nitrogens is 2. The predicted molar refractivity (Wildman–Crippen MR) is 349 cm³/mol. The molecule has 0 bridgehead atoms. The second kappa shape index (κ2) is 41.4. The van der Waals surface area contributed by atoms with Crippen molar-refractivity contribution >= 4 is 153 Å². The predicted octanol–water partition coefficient (Wildman–Crippen LogP) is 16.2. The molecule has 2 aromatic carbocycles. The number of imidazole rings is 2. The largest absolute Gasteiger partial charge is 0.378 e. The molecule has 0 saturated carbocycles. The van der Waals surface area contributed by atoms with Gasteiger partial charge in [0, 0.05) is 47.3 Å². The number of anilines is 2. The molecule has 0 spiro atoms. The maximum Gasteiger partial charge on any atom is 0.155 e. The van der Waals surface area contributed by atoms with Gasteiger partial charge in [-0.05, 0) is 72.8 Å². The number of halogens is 6. The Kier molecular flexibility index (Phi) is 38.7. The number of hydrogen-bond acceptors (Lipinski definition) is 11. The Morgan fingerprint density at radius 2 is 1.03 bits per heavy atom. The van der Waals surface area contributed by atoms with E-state index in [1.54, 1.807) is 27.8 Å². The Morgan fingerprint density at radius 1 is 0.603 bits per heavy atom. The number of benzene rings is 2. The SMILES string of the molecule is CC.CC.CC.CC.I.Nc1ccccc1.O=Cc1nc(-c2ccc3ncnn3c2)c(-c2ccccn2)[nH]1.[I][V]([I])[I].[I][V][I].c1ccc(NCc2nc(-c3ccc4ncnn4c3)c(-c3ccccn3)[nH]2)cc1. The van der Waals surface area contributed by atoms with E-state index in [1.807, 2.05) is 189 Å². The summed E-state index contributed by atoms with van der Waals surface area (Å²) in [5, 5.41) is 11.7. The molecule has 8 aromatic heterocycles. The molecular weight excluding hydrogens is 1680 g/mol. The first-order valence-corrected chi connectivity index (χ1v) is 45.1. The Bertz CT molecular complexity index is 2950. The monoisotopic (exact) mass is 1730 g/mol. The van der Waals surface area contributed by atoms with E-state index >= 15 is 0 Å². The molecule has 10 aromatic rings. The number of rotatable bonds is 8. The summed E-state index contributed by atoms with van der Waals surface area (Å²) >= 11 is 12.1. The third kappa shape index (κ3) is 24.0. The van der Waals surface area contributed by atoms with E-state index in [0.717, 1.165) is 62.4 Å². The number of nitrogens with two attached hydrogens (primary N) is 1. The normalized spacial score (nSPS) is 9.34. The minimum Gasteiger partial charge on any atom is -0.378 e. The van der Waals surface area contributed by atoms with Crippen molar-refractivity contribution in [3.63, 3.8) is 0 Å². The molecule has 23 heteroatoms. The molecule has 10 rings (SSSR count). The van der Waals surface area contributed by atoms with Gasteiger partial charge in [-0.3, -0.25) is 14.8 Å². The summed E-state index contributed by atoms with van der Waals surface area (Å²) in [7, 11) is 0.628. The van der Waals surface area contributed by atoms with E-state index in [0.29, 0.717) is 33.7 Å². The average molecular weight is 1740 g/mol. The van der Waals surface area contributed by atoms with Crippen molar-refractivity contribution in [3.05, 3.63) is 170 Å². The number of fused-ring (bicyclic) bond motifs is 2. The van der Waals surface area contributed by atoms with Crippen molar-refractivity contribution in [2.75, 3.05) is 11.1 Å². The van der Waals surface area contributed by atoms with E-state index in [1.165, 1.54) is 6.33 Å². The number of pyridine rings is 4. The van der Waals surface area contributed by atoms with Crippen LogP contribution in [0.2, 0.25) is 0 Å². The van der Waals surface area contributed by atoms with Crippen LogP contribution in [-0.2, 0) is 20.9 Å². The number of carbonyl (C=O) groups is 1. The van der Waals surface area contributed by atoms with Gasteiger partial charge < -0.3 is 21.0 Å². The molecule has 5 N–H and O–H groups in total. The van der Waals surface area contributed by atoms with E-state index in [2.05, 4.69) is 150 Å². The number of carbonyl (C=O) groups excluding carboxylic acids is 1. The Morgan fingerprint density at radius 3 is 1.44 bits per heavy atom. The van der Waals surface area contributed by atoms with Crippen molar-refractivity contribution in [3.8, 4) is 45.3 Å². The molecule has 0 fully saturated rings. The quantitative estimate of drug-likeness (QED) is 0.0641. The van der Waals surface area contributed by atoms with E-state index < -0.39 is 0 Å². The first-order valence-electron chi connectivity index (χ1n) is 22.6. The fourth-order valence-electron chi connectivity index (χ4n) is 5.87. The zero-order chi connectivity index (χ0) is 53.1. The summed E-state index contributed by atoms with van der Waals surface area (Å²) in [6, 6.07) is 38.6. The number of aldehydes is 1. The molecular formula is C50H59I6N14OV2. The van der Waals surface area contributed by atoms with Crippen LogP contribution in [0.3, 0.4) is 0 Å². The van der Waals surface area contributed by atoms with Gasteiger partial charge in [0.1, 0.15) is 24.2 Å². The van der Waals surface area contributed by atoms with Crippen LogP contribution in [0.4, 0.5) is 11.4 Å². The second-order valence-electron chi connectivity index (χ2n) is 12.6. The second-order valence-corrected chi connectivity index (χ2v) is 59.8. The van der Waals surface area contributed by atoms with Crippen molar-refractivity contribution in [2.45, 2.75) is 61.9 Å². The zero-order valence-corrected chi connectivity index (χ0v) is 57.4. The minimum absolute atomic E-state index is 0. The first kappa shape index (κ1) is 68.2. The molecule has 0 amide bonds. The van der Waals surface area contributed by atoms with E-state index in [4.69, 9.17) is 10.7 Å². The van der Waals surface area contributed by atoms with Crippen LogP contribution in [0.5, 0.6) is 0 Å². The Balaban J connectivity index is 0.000000524. The topological polar surface area (TPSA) is 199 Å². The van der Waals surface area contributed by atoms with Crippen molar-refractivity contribution in [1.29, 1.82) is 0 Å². The van der Waals surface area contributed by atoms with Gasteiger partial charge in [-0.15, -0.1) is 24.0 Å².